The summed E-state index contributed by atoms with van der Waals surface area (Å²) < 4.78 is 0. The molecule has 2 aliphatic rings. The molecule has 0 bridgehead atoms. The highest BCUT2D eigenvalue weighted by Gasteiger charge is 2.18. The second kappa shape index (κ2) is 11.3. The molecule has 1 amide bonds. The van der Waals surface area contributed by atoms with Crippen LogP contribution in [0.4, 0.5) is 11.4 Å². The van der Waals surface area contributed by atoms with E-state index < -0.39 is 11.9 Å². The van der Waals surface area contributed by atoms with Crippen molar-refractivity contribution in [3.63, 3.8) is 0 Å². The van der Waals surface area contributed by atoms with E-state index >= 15 is 0 Å². The van der Waals surface area contributed by atoms with Gasteiger partial charge in [-0.1, -0.05) is 24.3 Å². The Morgan fingerprint density at radius 3 is 2.06 bits per heavy atom. The van der Waals surface area contributed by atoms with Gasteiger partial charge in [0.15, 0.2) is 0 Å². The van der Waals surface area contributed by atoms with Gasteiger partial charge in [0.1, 0.15) is 0 Å². The quantitative estimate of drug-likeness (QED) is 0.629. The first-order valence-corrected chi connectivity index (χ1v) is 10.8. The SMILES string of the molecule is O=C(CN1CCc2ccccc2C1)Nc1ccc(N2CCCCC2)cc1.O=C(O)C(=O)O. The van der Waals surface area contributed by atoms with Crippen molar-refractivity contribution >= 4 is 29.2 Å². The number of rotatable bonds is 4. The maximum absolute atomic E-state index is 12.4. The van der Waals surface area contributed by atoms with Crippen LogP contribution in [0.2, 0.25) is 0 Å². The molecule has 0 atom stereocenters. The Bertz CT molecular complexity index is 927. The minimum Gasteiger partial charge on any atom is -0.473 e. The van der Waals surface area contributed by atoms with Crippen LogP contribution in [0, 0.1) is 0 Å². The lowest BCUT2D eigenvalue weighted by atomic mass is 10.00. The van der Waals surface area contributed by atoms with E-state index in [4.69, 9.17) is 19.8 Å². The summed E-state index contributed by atoms with van der Waals surface area (Å²) in [4.78, 5) is 35.3. The van der Waals surface area contributed by atoms with Crippen LogP contribution in [0.1, 0.15) is 30.4 Å². The molecule has 2 aliphatic heterocycles. The van der Waals surface area contributed by atoms with Gasteiger partial charge in [-0.05, 0) is 61.1 Å². The Kier molecular flexibility index (Phi) is 8.21. The molecule has 32 heavy (non-hydrogen) atoms. The molecule has 0 aromatic heterocycles. The standard InChI is InChI=1S/C22H27N3O.C2H2O4/c26-22(17-24-15-12-18-6-2-3-7-19(18)16-24)23-20-8-10-21(11-9-20)25-13-4-1-5-14-25;3-1(4)2(5)6/h2-3,6-11H,1,4-5,12-17H2,(H,23,26);(H,3,4)(H,5,6). The van der Waals surface area contributed by atoms with Gasteiger partial charge >= 0.3 is 11.9 Å². The first-order chi connectivity index (χ1) is 15.4. The van der Waals surface area contributed by atoms with Gasteiger partial charge in [-0.15, -0.1) is 0 Å². The number of nitrogens with one attached hydrogen (secondary N) is 1. The fourth-order valence-electron chi connectivity index (χ4n) is 4.00. The fraction of sp³-hybridized carbons (Fsp3) is 0.375. The lowest BCUT2D eigenvalue weighted by Gasteiger charge is -2.29. The molecule has 2 aromatic rings. The average Bonchev–Trinajstić information content (AvgIpc) is 2.80. The van der Waals surface area contributed by atoms with Crippen molar-refractivity contribution in [2.45, 2.75) is 32.2 Å². The van der Waals surface area contributed by atoms with E-state index in [1.807, 2.05) is 12.1 Å². The summed E-state index contributed by atoms with van der Waals surface area (Å²) in [5, 5.41) is 17.8. The van der Waals surface area contributed by atoms with Crippen molar-refractivity contribution < 1.29 is 24.6 Å². The molecule has 8 heteroatoms. The summed E-state index contributed by atoms with van der Waals surface area (Å²) in [5.74, 6) is -3.58. The normalized spacial score (nSPS) is 15.7. The largest absolute Gasteiger partial charge is 0.473 e. The zero-order valence-corrected chi connectivity index (χ0v) is 18.0. The first kappa shape index (κ1) is 23.3. The number of anilines is 2. The van der Waals surface area contributed by atoms with Gasteiger partial charge in [-0.2, -0.15) is 0 Å². The minimum atomic E-state index is -1.82. The van der Waals surface area contributed by atoms with Gasteiger partial charge in [0, 0.05) is 37.6 Å². The monoisotopic (exact) mass is 439 g/mol. The van der Waals surface area contributed by atoms with Gasteiger partial charge in [-0.25, -0.2) is 9.59 Å². The average molecular weight is 440 g/mol. The van der Waals surface area contributed by atoms with Crippen LogP contribution in [0.25, 0.3) is 0 Å². The molecule has 3 N–H and O–H groups in total. The van der Waals surface area contributed by atoms with Crippen LogP contribution in [0.5, 0.6) is 0 Å². The predicted octanol–water partition coefficient (Wildman–Crippen LogP) is 2.83. The molecule has 0 unspecified atom stereocenters. The fourth-order valence-corrected chi connectivity index (χ4v) is 4.00. The number of carbonyl (C=O) groups is 3. The smallest absolute Gasteiger partial charge is 0.414 e. The first-order valence-electron chi connectivity index (χ1n) is 10.8. The van der Waals surface area contributed by atoms with Gasteiger partial charge in [0.2, 0.25) is 5.91 Å². The van der Waals surface area contributed by atoms with E-state index in [9.17, 15) is 4.79 Å². The van der Waals surface area contributed by atoms with Gasteiger partial charge < -0.3 is 20.4 Å². The van der Waals surface area contributed by atoms with E-state index in [1.54, 1.807) is 0 Å². The number of piperidine rings is 1. The van der Waals surface area contributed by atoms with Crippen LogP contribution < -0.4 is 10.2 Å². The van der Waals surface area contributed by atoms with E-state index in [1.165, 1.54) is 36.1 Å². The Labute approximate surface area is 187 Å². The number of benzene rings is 2. The van der Waals surface area contributed by atoms with Crippen molar-refractivity contribution in [1.82, 2.24) is 4.90 Å². The van der Waals surface area contributed by atoms with Gasteiger partial charge in [0.25, 0.3) is 0 Å². The van der Waals surface area contributed by atoms with Gasteiger partial charge in [-0.3, -0.25) is 9.69 Å². The maximum atomic E-state index is 12.4. The summed E-state index contributed by atoms with van der Waals surface area (Å²) >= 11 is 0. The van der Waals surface area contributed by atoms with Crippen molar-refractivity contribution in [1.29, 1.82) is 0 Å². The zero-order valence-electron chi connectivity index (χ0n) is 18.0. The Balaban J connectivity index is 0.000000427. The second-order valence-electron chi connectivity index (χ2n) is 7.98. The summed E-state index contributed by atoms with van der Waals surface area (Å²) in [6.45, 7) is 4.53. The molecule has 0 spiro atoms. The summed E-state index contributed by atoms with van der Waals surface area (Å²) in [6.07, 6.45) is 4.91. The highest BCUT2D eigenvalue weighted by molar-refractivity contribution is 6.27. The number of amides is 1. The number of carbonyl (C=O) groups excluding carboxylic acids is 1. The molecule has 8 nitrogen and oxygen atoms in total. The Hall–Kier alpha value is -3.39. The summed E-state index contributed by atoms with van der Waals surface area (Å²) in [7, 11) is 0. The van der Waals surface area contributed by atoms with Crippen LogP contribution in [-0.4, -0.2) is 59.1 Å². The lowest BCUT2D eigenvalue weighted by molar-refractivity contribution is -0.159. The Morgan fingerprint density at radius 2 is 1.44 bits per heavy atom. The number of carboxylic acids is 2. The summed E-state index contributed by atoms with van der Waals surface area (Å²) in [6, 6.07) is 16.8. The number of hydrogen-bond donors (Lipinski definition) is 3. The van der Waals surface area contributed by atoms with E-state index in [0.717, 1.165) is 38.3 Å². The molecule has 1 saturated heterocycles. The van der Waals surface area contributed by atoms with Crippen molar-refractivity contribution in [3.8, 4) is 0 Å². The molecule has 0 saturated carbocycles. The molecule has 0 radical (unpaired) electrons. The second-order valence-corrected chi connectivity index (χ2v) is 7.98. The molecular formula is C24H29N3O5. The third kappa shape index (κ3) is 6.81. The Morgan fingerprint density at radius 1 is 0.812 bits per heavy atom. The number of aliphatic carboxylic acids is 2. The van der Waals surface area contributed by atoms with Crippen LogP contribution in [0.15, 0.2) is 48.5 Å². The third-order valence-corrected chi connectivity index (χ3v) is 5.63. The van der Waals surface area contributed by atoms with Crippen LogP contribution in [0.3, 0.4) is 0 Å². The van der Waals surface area contributed by atoms with Crippen molar-refractivity contribution in [2.75, 3.05) is 36.4 Å². The molecule has 0 aliphatic carbocycles. The lowest BCUT2D eigenvalue weighted by Crippen LogP contribution is -2.37. The highest BCUT2D eigenvalue weighted by atomic mass is 16.4. The number of carboxylic acid groups (broad SMARTS) is 2. The number of nitrogens with zero attached hydrogens (tertiary/aromatic N) is 2. The van der Waals surface area contributed by atoms with Crippen LogP contribution in [-0.2, 0) is 27.3 Å². The van der Waals surface area contributed by atoms with Crippen LogP contribution >= 0.6 is 0 Å². The molecule has 4 rings (SSSR count). The maximum Gasteiger partial charge on any atom is 0.414 e. The van der Waals surface area contributed by atoms with Crippen molar-refractivity contribution in [3.05, 3.63) is 59.7 Å². The molecular weight excluding hydrogens is 410 g/mol. The number of hydrogen-bond acceptors (Lipinski definition) is 5. The zero-order chi connectivity index (χ0) is 22.9. The molecule has 2 aromatic carbocycles. The van der Waals surface area contributed by atoms with E-state index in [0.29, 0.717) is 6.54 Å². The summed E-state index contributed by atoms with van der Waals surface area (Å²) in [5.41, 5.74) is 4.90. The molecule has 170 valence electrons. The number of fused-ring (bicyclic) bond motifs is 1. The molecule has 2 heterocycles. The predicted molar refractivity (Wildman–Crippen MR) is 122 cm³/mol. The van der Waals surface area contributed by atoms with E-state index in [2.05, 4.69) is 51.5 Å². The highest BCUT2D eigenvalue weighted by Crippen LogP contribution is 2.22. The minimum absolute atomic E-state index is 0.0649. The van der Waals surface area contributed by atoms with Crippen molar-refractivity contribution in [2.24, 2.45) is 0 Å². The topological polar surface area (TPSA) is 110 Å². The van der Waals surface area contributed by atoms with Gasteiger partial charge in [0.05, 0.1) is 6.54 Å². The molecule has 1 fully saturated rings. The third-order valence-electron chi connectivity index (χ3n) is 5.63. The van der Waals surface area contributed by atoms with E-state index in [-0.39, 0.29) is 5.91 Å².